The predicted molar refractivity (Wildman–Crippen MR) is 71.2 cm³/mol. The number of amides is 1. The minimum Gasteiger partial charge on any atom is -0.353 e. The van der Waals surface area contributed by atoms with E-state index >= 15 is 0 Å². The largest absolute Gasteiger partial charge is 0.353 e. The first-order valence-electron chi connectivity index (χ1n) is 6.66. The van der Waals surface area contributed by atoms with Crippen molar-refractivity contribution in [2.24, 2.45) is 0 Å². The highest BCUT2D eigenvalue weighted by Crippen LogP contribution is 2.08. The van der Waals surface area contributed by atoms with Crippen molar-refractivity contribution in [2.45, 2.75) is 44.7 Å². The molecule has 1 aliphatic heterocycles. The molecule has 98 valence electrons. The number of nitrogens with zero attached hydrogens (tertiary/aromatic N) is 1. The molecule has 4 nitrogen and oxygen atoms in total. The lowest BCUT2D eigenvalue weighted by Crippen LogP contribution is -2.46. The van der Waals surface area contributed by atoms with Gasteiger partial charge in [-0.05, 0) is 44.9 Å². The van der Waals surface area contributed by atoms with Gasteiger partial charge >= 0.3 is 0 Å². The molecular formula is C14H21N3O. The Balaban J connectivity index is 1.72. The number of carbonyl (C=O) groups excluding carboxylic acids is 1. The van der Waals surface area contributed by atoms with Crippen molar-refractivity contribution in [3.63, 3.8) is 0 Å². The van der Waals surface area contributed by atoms with Crippen LogP contribution in [-0.4, -0.2) is 29.5 Å². The zero-order valence-electron chi connectivity index (χ0n) is 10.9. The molecule has 2 heterocycles. The minimum absolute atomic E-state index is 0.139. The van der Waals surface area contributed by atoms with Crippen molar-refractivity contribution in [3.8, 4) is 0 Å². The molecule has 1 aliphatic rings. The van der Waals surface area contributed by atoms with Crippen molar-refractivity contribution >= 4 is 5.91 Å². The number of piperidine rings is 1. The Hall–Kier alpha value is -1.42. The zero-order chi connectivity index (χ0) is 12.8. The fourth-order valence-corrected chi connectivity index (χ4v) is 2.35. The van der Waals surface area contributed by atoms with E-state index in [1.54, 1.807) is 6.20 Å². The predicted octanol–water partition coefficient (Wildman–Crippen LogP) is 1.27. The molecule has 1 aromatic rings. The van der Waals surface area contributed by atoms with Gasteiger partial charge in [-0.3, -0.25) is 9.78 Å². The van der Waals surface area contributed by atoms with Gasteiger partial charge in [0.1, 0.15) is 0 Å². The molecule has 1 aromatic heterocycles. The van der Waals surface area contributed by atoms with Crippen LogP contribution in [0.2, 0.25) is 0 Å². The van der Waals surface area contributed by atoms with E-state index in [1.165, 1.54) is 0 Å². The molecule has 2 rings (SSSR count). The smallest absolute Gasteiger partial charge is 0.220 e. The third-order valence-corrected chi connectivity index (χ3v) is 3.32. The zero-order valence-corrected chi connectivity index (χ0v) is 10.9. The molecule has 0 radical (unpaired) electrons. The van der Waals surface area contributed by atoms with Crippen LogP contribution < -0.4 is 10.6 Å². The van der Waals surface area contributed by atoms with E-state index in [-0.39, 0.29) is 5.91 Å². The van der Waals surface area contributed by atoms with Crippen molar-refractivity contribution in [1.82, 2.24) is 15.6 Å². The normalized spacial score (nSPS) is 23.6. The van der Waals surface area contributed by atoms with Crippen LogP contribution in [0.5, 0.6) is 0 Å². The van der Waals surface area contributed by atoms with Gasteiger partial charge in [-0.15, -0.1) is 0 Å². The van der Waals surface area contributed by atoms with E-state index in [9.17, 15) is 4.79 Å². The van der Waals surface area contributed by atoms with Crippen LogP contribution in [0.4, 0.5) is 0 Å². The standard InChI is InChI=1S/C14H21N3O/c1-11-10-13(7-9-15-11)17-14(18)6-5-12-4-2-3-8-16-12/h2-4,8,11,13,15H,5-7,9-10H2,1H3,(H,17,18). The number of pyridine rings is 1. The number of aryl methyl sites for hydroxylation is 1. The molecule has 2 N–H and O–H groups in total. The summed E-state index contributed by atoms with van der Waals surface area (Å²) in [7, 11) is 0. The Kier molecular flexibility index (Phi) is 4.70. The van der Waals surface area contributed by atoms with Crippen LogP contribution in [0, 0.1) is 0 Å². The summed E-state index contributed by atoms with van der Waals surface area (Å²) >= 11 is 0. The molecule has 2 atom stereocenters. The summed E-state index contributed by atoms with van der Waals surface area (Å²) in [5.74, 6) is 0.139. The van der Waals surface area contributed by atoms with Gasteiger partial charge in [-0.25, -0.2) is 0 Å². The number of nitrogens with one attached hydrogen (secondary N) is 2. The van der Waals surface area contributed by atoms with Crippen molar-refractivity contribution < 1.29 is 4.79 Å². The summed E-state index contributed by atoms with van der Waals surface area (Å²) in [6.45, 7) is 3.15. The van der Waals surface area contributed by atoms with Gasteiger partial charge in [0, 0.05) is 30.4 Å². The third kappa shape index (κ3) is 4.11. The van der Waals surface area contributed by atoms with Gasteiger partial charge in [0.25, 0.3) is 0 Å². The Morgan fingerprint density at radius 3 is 3.17 bits per heavy atom. The third-order valence-electron chi connectivity index (χ3n) is 3.32. The molecular weight excluding hydrogens is 226 g/mol. The molecule has 0 bridgehead atoms. The van der Waals surface area contributed by atoms with E-state index in [4.69, 9.17) is 0 Å². The number of rotatable bonds is 4. The van der Waals surface area contributed by atoms with Crippen LogP contribution in [-0.2, 0) is 11.2 Å². The second-order valence-corrected chi connectivity index (χ2v) is 4.97. The summed E-state index contributed by atoms with van der Waals surface area (Å²) in [5, 5.41) is 6.49. The minimum atomic E-state index is 0.139. The Morgan fingerprint density at radius 2 is 2.44 bits per heavy atom. The summed E-state index contributed by atoms with van der Waals surface area (Å²) in [6, 6.07) is 6.63. The maximum atomic E-state index is 11.8. The number of carbonyl (C=O) groups is 1. The van der Waals surface area contributed by atoms with Crippen LogP contribution in [0.3, 0.4) is 0 Å². The maximum absolute atomic E-state index is 11.8. The molecule has 1 amide bonds. The first-order chi connectivity index (χ1) is 8.74. The molecule has 1 saturated heterocycles. The SMILES string of the molecule is CC1CC(NC(=O)CCc2ccccn2)CCN1. The molecule has 2 unspecified atom stereocenters. The second kappa shape index (κ2) is 6.50. The molecule has 0 aliphatic carbocycles. The first kappa shape index (κ1) is 13.0. The highest BCUT2D eigenvalue weighted by Gasteiger charge is 2.19. The van der Waals surface area contributed by atoms with E-state index in [2.05, 4.69) is 22.5 Å². The van der Waals surface area contributed by atoms with Gasteiger partial charge in [0.05, 0.1) is 0 Å². The average Bonchev–Trinajstić information content (AvgIpc) is 2.38. The fourth-order valence-electron chi connectivity index (χ4n) is 2.35. The van der Waals surface area contributed by atoms with Gasteiger partial charge in [0.2, 0.25) is 5.91 Å². The molecule has 0 aromatic carbocycles. The summed E-state index contributed by atoms with van der Waals surface area (Å²) in [6.07, 6.45) is 5.05. The number of hydrogen-bond donors (Lipinski definition) is 2. The van der Waals surface area contributed by atoms with Crippen LogP contribution >= 0.6 is 0 Å². The van der Waals surface area contributed by atoms with Gasteiger partial charge in [-0.1, -0.05) is 6.07 Å². The van der Waals surface area contributed by atoms with Crippen molar-refractivity contribution in [2.75, 3.05) is 6.54 Å². The highest BCUT2D eigenvalue weighted by molar-refractivity contribution is 5.76. The highest BCUT2D eigenvalue weighted by atomic mass is 16.1. The number of aromatic nitrogens is 1. The van der Waals surface area contributed by atoms with Crippen LogP contribution in [0.25, 0.3) is 0 Å². The first-order valence-corrected chi connectivity index (χ1v) is 6.66. The van der Waals surface area contributed by atoms with Gasteiger partial charge in [0.15, 0.2) is 0 Å². The van der Waals surface area contributed by atoms with Crippen molar-refractivity contribution in [3.05, 3.63) is 30.1 Å². The monoisotopic (exact) mass is 247 g/mol. The second-order valence-electron chi connectivity index (χ2n) is 4.97. The quantitative estimate of drug-likeness (QED) is 0.842. The summed E-state index contributed by atoms with van der Waals surface area (Å²) < 4.78 is 0. The Labute approximate surface area is 108 Å². The lowest BCUT2D eigenvalue weighted by atomic mass is 10.0. The fraction of sp³-hybridized carbons (Fsp3) is 0.571. The molecule has 18 heavy (non-hydrogen) atoms. The topological polar surface area (TPSA) is 54.0 Å². The molecule has 0 saturated carbocycles. The Bertz CT molecular complexity index is 380. The van der Waals surface area contributed by atoms with E-state index < -0.39 is 0 Å². The lowest BCUT2D eigenvalue weighted by molar-refractivity contribution is -0.122. The van der Waals surface area contributed by atoms with E-state index in [0.717, 1.165) is 25.1 Å². The Morgan fingerprint density at radius 1 is 1.56 bits per heavy atom. The van der Waals surface area contributed by atoms with Crippen LogP contribution in [0.1, 0.15) is 31.9 Å². The van der Waals surface area contributed by atoms with Gasteiger partial charge < -0.3 is 10.6 Å². The molecule has 0 spiro atoms. The van der Waals surface area contributed by atoms with Crippen molar-refractivity contribution in [1.29, 1.82) is 0 Å². The molecule has 1 fully saturated rings. The van der Waals surface area contributed by atoms with E-state index in [1.807, 2.05) is 18.2 Å². The summed E-state index contributed by atoms with van der Waals surface area (Å²) in [5.41, 5.74) is 0.978. The van der Waals surface area contributed by atoms with Crippen LogP contribution in [0.15, 0.2) is 24.4 Å². The maximum Gasteiger partial charge on any atom is 0.220 e. The average molecular weight is 247 g/mol. The summed E-state index contributed by atoms with van der Waals surface area (Å²) in [4.78, 5) is 16.1. The molecule has 4 heteroatoms. The number of hydrogen-bond acceptors (Lipinski definition) is 3. The van der Waals surface area contributed by atoms with Gasteiger partial charge in [-0.2, -0.15) is 0 Å². The van der Waals surface area contributed by atoms with E-state index in [0.29, 0.717) is 24.9 Å². The lowest BCUT2D eigenvalue weighted by Gasteiger charge is -2.28.